The molecule has 126 valence electrons. The summed E-state index contributed by atoms with van der Waals surface area (Å²) in [5, 5.41) is 0. The quantitative estimate of drug-likeness (QED) is 0.800. The molecule has 0 bridgehead atoms. The SMILES string of the molecule is Cc1ccc(CN2CCN(C(=O)Cc3ccccc3Br)CC2)cc1. The van der Waals surface area contributed by atoms with Gasteiger partial charge in [-0.2, -0.15) is 0 Å². The van der Waals surface area contributed by atoms with Crippen molar-refractivity contribution in [1.82, 2.24) is 9.80 Å². The van der Waals surface area contributed by atoms with Gasteiger partial charge in [0.1, 0.15) is 0 Å². The Morgan fingerprint density at radius 1 is 1.00 bits per heavy atom. The highest BCUT2D eigenvalue weighted by atomic mass is 79.9. The van der Waals surface area contributed by atoms with Gasteiger partial charge in [-0.25, -0.2) is 0 Å². The smallest absolute Gasteiger partial charge is 0.227 e. The van der Waals surface area contributed by atoms with Gasteiger partial charge in [0.05, 0.1) is 6.42 Å². The van der Waals surface area contributed by atoms with Gasteiger partial charge in [0.15, 0.2) is 0 Å². The van der Waals surface area contributed by atoms with E-state index in [-0.39, 0.29) is 5.91 Å². The maximum atomic E-state index is 12.5. The van der Waals surface area contributed by atoms with Crippen molar-refractivity contribution in [3.63, 3.8) is 0 Å². The molecule has 0 unspecified atom stereocenters. The molecule has 1 heterocycles. The summed E-state index contributed by atoms with van der Waals surface area (Å²) >= 11 is 3.52. The van der Waals surface area contributed by atoms with E-state index in [4.69, 9.17) is 0 Å². The van der Waals surface area contributed by atoms with Gasteiger partial charge in [-0.3, -0.25) is 9.69 Å². The second-order valence-electron chi connectivity index (χ2n) is 6.41. The normalized spacial score (nSPS) is 15.5. The lowest BCUT2D eigenvalue weighted by Crippen LogP contribution is -2.48. The zero-order valence-electron chi connectivity index (χ0n) is 14.0. The number of halogens is 1. The molecule has 2 aromatic carbocycles. The summed E-state index contributed by atoms with van der Waals surface area (Å²) in [5.74, 6) is 0.219. The lowest BCUT2D eigenvalue weighted by molar-refractivity contribution is -0.132. The highest BCUT2D eigenvalue weighted by molar-refractivity contribution is 9.10. The third kappa shape index (κ3) is 4.46. The number of nitrogens with zero attached hydrogens (tertiary/aromatic N) is 2. The van der Waals surface area contributed by atoms with Crippen LogP contribution < -0.4 is 0 Å². The van der Waals surface area contributed by atoms with Crippen LogP contribution in [0.2, 0.25) is 0 Å². The minimum atomic E-state index is 0.219. The van der Waals surface area contributed by atoms with Gasteiger partial charge in [0.25, 0.3) is 0 Å². The van der Waals surface area contributed by atoms with Gasteiger partial charge in [-0.15, -0.1) is 0 Å². The van der Waals surface area contributed by atoms with Gasteiger partial charge in [-0.05, 0) is 24.1 Å². The van der Waals surface area contributed by atoms with Gasteiger partial charge in [0, 0.05) is 37.2 Å². The lowest BCUT2D eigenvalue weighted by Gasteiger charge is -2.35. The molecule has 0 spiro atoms. The molecule has 24 heavy (non-hydrogen) atoms. The molecule has 2 aromatic rings. The van der Waals surface area contributed by atoms with Crippen LogP contribution in [0.4, 0.5) is 0 Å². The molecule has 0 aromatic heterocycles. The first-order valence-electron chi connectivity index (χ1n) is 8.41. The number of carbonyl (C=O) groups excluding carboxylic acids is 1. The predicted molar refractivity (Wildman–Crippen MR) is 101 cm³/mol. The summed E-state index contributed by atoms with van der Waals surface area (Å²) in [4.78, 5) is 16.9. The van der Waals surface area contributed by atoms with Gasteiger partial charge in [-0.1, -0.05) is 64.0 Å². The second kappa shape index (κ2) is 7.95. The van der Waals surface area contributed by atoms with Crippen LogP contribution in [0.3, 0.4) is 0 Å². The lowest BCUT2D eigenvalue weighted by atomic mass is 10.1. The van der Waals surface area contributed by atoms with Gasteiger partial charge in [0.2, 0.25) is 5.91 Å². The van der Waals surface area contributed by atoms with Crippen LogP contribution in [0, 0.1) is 6.92 Å². The van der Waals surface area contributed by atoms with E-state index in [0.717, 1.165) is 42.8 Å². The number of aryl methyl sites for hydroxylation is 1. The Kier molecular flexibility index (Phi) is 5.69. The van der Waals surface area contributed by atoms with Crippen LogP contribution in [0.1, 0.15) is 16.7 Å². The minimum Gasteiger partial charge on any atom is -0.340 e. The Bertz CT molecular complexity index is 691. The fourth-order valence-corrected chi connectivity index (χ4v) is 3.45. The van der Waals surface area contributed by atoms with Crippen molar-refractivity contribution in [3.05, 3.63) is 69.7 Å². The first-order chi connectivity index (χ1) is 11.6. The molecule has 1 amide bonds. The number of amides is 1. The van der Waals surface area contributed by atoms with Crippen molar-refractivity contribution in [2.45, 2.75) is 19.9 Å². The number of benzene rings is 2. The average molecular weight is 387 g/mol. The van der Waals surface area contributed by atoms with Gasteiger partial charge >= 0.3 is 0 Å². The summed E-state index contributed by atoms with van der Waals surface area (Å²) in [6.45, 7) is 6.58. The third-order valence-electron chi connectivity index (χ3n) is 4.55. The maximum absolute atomic E-state index is 12.5. The first-order valence-corrected chi connectivity index (χ1v) is 9.20. The van der Waals surface area contributed by atoms with E-state index in [1.54, 1.807) is 0 Å². The minimum absolute atomic E-state index is 0.219. The highest BCUT2D eigenvalue weighted by Gasteiger charge is 2.21. The Morgan fingerprint density at radius 3 is 2.33 bits per heavy atom. The van der Waals surface area contributed by atoms with Gasteiger partial charge < -0.3 is 4.90 Å². The van der Waals surface area contributed by atoms with Crippen LogP contribution >= 0.6 is 15.9 Å². The molecular formula is C20H23BrN2O. The van der Waals surface area contributed by atoms with Crippen molar-refractivity contribution >= 4 is 21.8 Å². The van der Waals surface area contributed by atoms with Crippen molar-refractivity contribution in [3.8, 4) is 0 Å². The summed E-state index contributed by atoms with van der Waals surface area (Å²) in [6.07, 6.45) is 0.472. The Balaban J connectivity index is 1.50. The molecule has 1 aliphatic heterocycles. The first kappa shape index (κ1) is 17.2. The number of hydrogen-bond acceptors (Lipinski definition) is 2. The molecule has 0 atom stereocenters. The summed E-state index contributed by atoms with van der Waals surface area (Å²) < 4.78 is 1.01. The van der Waals surface area contributed by atoms with E-state index in [2.05, 4.69) is 52.0 Å². The molecule has 1 aliphatic rings. The zero-order valence-corrected chi connectivity index (χ0v) is 15.6. The van der Waals surface area contributed by atoms with Crippen molar-refractivity contribution in [2.75, 3.05) is 26.2 Å². The third-order valence-corrected chi connectivity index (χ3v) is 5.32. The topological polar surface area (TPSA) is 23.6 Å². The van der Waals surface area contributed by atoms with E-state index >= 15 is 0 Å². The Hall–Kier alpha value is -1.65. The average Bonchev–Trinajstić information content (AvgIpc) is 2.59. The summed E-state index contributed by atoms with van der Waals surface area (Å²) in [7, 11) is 0. The van der Waals surface area contributed by atoms with E-state index in [0.29, 0.717) is 6.42 Å². The molecule has 1 saturated heterocycles. The monoisotopic (exact) mass is 386 g/mol. The molecule has 3 nitrogen and oxygen atoms in total. The highest BCUT2D eigenvalue weighted by Crippen LogP contribution is 2.18. The largest absolute Gasteiger partial charge is 0.340 e. The molecular weight excluding hydrogens is 364 g/mol. The fraction of sp³-hybridized carbons (Fsp3) is 0.350. The fourth-order valence-electron chi connectivity index (χ4n) is 3.02. The van der Waals surface area contributed by atoms with Crippen LogP contribution in [0.15, 0.2) is 53.0 Å². The second-order valence-corrected chi connectivity index (χ2v) is 7.27. The molecule has 1 fully saturated rings. The van der Waals surface area contributed by atoms with Crippen molar-refractivity contribution < 1.29 is 4.79 Å². The summed E-state index contributed by atoms with van der Waals surface area (Å²) in [6, 6.07) is 16.7. The molecule has 4 heteroatoms. The van der Waals surface area contributed by atoms with Crippen molar-refractivity contribution in [2.24, 2.45) is 0 Å². The Labute approximate surface area is 152 Å². The molecule has 0 radical (unpaired) electrons. The van der Waals surface area contributed by atoms with E-state index in [1.807, 2.05) is 29.2 Å². The number of carbonyl (C=O) groups is 1. The number of hydrogen-bond donors (Lipinski definition) is 0. The predicted octanol–water partition coefficient (Wildman–Crippen LogP) is 3.64. The zero-order chi connectivity index (χ0) is 16.9. The molecule has 0 aliphatic carbocycles. The van der Waals surface area contributed by atoms with E-state index < -0.39 is 0 Å². The summed E-state index contributed by atoms with van der Waals surface area (Å²) in [5.41, 5.74) is 3.69. The molecule has 0 saturated carbocycles. The van der Waals surface area contributed by atoms with E-state index in [9.17, 15) is 4.79 Å². The molecule has 3 rings (SSSR count). The van der Waals surface area contributed by atoms with Crippen LogP contribution in [0.5, 0.6) is 0 Å². The van der Waals surface area contributed by atoms with E-state index in [1.165, 1.54) is 11.1 Å². The molecule has 0 N–H and O–H groups in total. The van der Waals surface area contributed by atoms with Crippen LogP contribution in [-0.2, 0) is 17.8 Å². The standard InChI is InChI=1S/C20H23BrN2O/c1-16-6-8-17(9-7-16)15-22-10-12-23(13-11-22)20(24)14-18-4-2-3-5-19(18)21/h2-9H,10-15H2,1H3. The number of rotatable bonds is 4. The van der Waals surface area contributed by atoms with Crippen LogP contribution in [0.25, 0.3) is 0 Å². The number of piperazine rings is 1. The Morgan fingerprint density at radius 2 is 1.67 bits per heavy atom. The van der Waals surface area contributed by atoms with Crippen molar-refractivity contribution in [1.29, 1.82) is 0 Å². The maximum Gasteiger partial charge on any atom is 0.227 e. The van der Waals surface area contributed by atoms with Crippen LogP contribution in [-0.4, -0.2) is 41.9 Å².